The Morgan fingerprint density at radius 1 is 0.920 bits per heavy atom. The number of aromatic nitrogens is 3. The maximum Gasteiger partial charge on any atom is 0.137 e. The molecule has 0 saturated heterocycles. The number of nitrogens with zero attached hydrogens (tertiary/aromatic N) is 3. The fourth-order valence-corrected chi connectivity index (χ4v) is 5.29. The molecule has 0 N–H and O–H groups in total. The number of hydrogen-bond acceptors (Lipinski definition) is 3. The van der Waals surface area contributed by atoms with Crippen LogP contribution in [0.25, 0.3) is 11.1 Å². The summed E-state index contributed by atoms with van der Waals surface area (Å²) in [6, 6.07) is 23.9. The summed E-state index contributed by atoms with van der Waals surface area (Å²) in [5, 5.41) is 6.39. The van der Waals surface area contributed by atoms with E-state index in [-0.39, 0.29) is 0 Å². The topological polar surface area (TPSA) is 30.7 Å². The van der Waals surface area contributed by atoms with Crippen molar-refractivity contribution in [3.63, 3.8) is 0 Å². The van der Waals surface area contributed by atoms with Crippen LogP contribution in [0.5, 0.6) is 0 Å². The van der Waals surface area contributed by atoms with Crippen molar-refractivity contribution in [3.8, 4) is 11.1 Å². The van der Waals surface area contributed by atoms with E-state index in [0.717, 1.165) is 15.7 Å². The predicted molar refractivity (Wildman–Crippen MR) is 104 cm³/mol. The van der Waals surface area contributed by atoms with E-state index in [1.165, 1.54) is 21.6 Å². The largest absolute Gasteiger partial charge is 0.256 e. The normalized spacial score (nSPS) is 12.2. The number of thiophene rings is 1. The molecule has 0 saturated carbocycles. The molecule has 5 heteroatoms. The lowest BCUT2D eigenvalue weighted by atomic mass is 10.0. The molecule has 0 bridgehead atoms. The minimum Gasteiger partial charge on any atom is -0.256 e. The van der Waals surface area contributed by atoms with Gasteiger partial charge in [0.05, 0.1) is 9.52 Å². The van der Waals surface area contributed by atoms with E-state index in [4.69, 9.17) is 0 Å². The predicted octanol–water partition coefficient (Wildman–Crippen LogP) is 4.46. The minimum atomic E-state index is 0.411. The maximum atomic E-state index is 4.23. The van der Waals surface area contributed by atoms with Crippen molar-refractivity contribution in [3.05, 3.63) is 95.2 Å². The second-order valence-electron chi connectivity index (χ2n) is 5.73. The first-order valence-electron chi connectivity index (χ1n) is 8.15. The molecular weight excluding hydrogens is 342 g/mol. The Balaban J connectivity index is 1.58. The third kappa shape index (κ3) is 3.78. The summed E-state index contributed by atoms with van der Waals surface area (Å²) in [6.07, 6.45) is 4.28. The average molecular weight is 360 g/mol. The van der Waals surface area contributed by atoms with Crippen molar-refractivity contribution in [1.29, 1.82) is 0 Å². The van der Waals surface area contributed by atoms with Gasteiger partial charge in [0.1, 0.15) is 12.7 Å². The zero-order valence-corrected chi connectivity index (χ0v) is 15.4. The Labute approximate surface area is 153 Å². The first-order chi connectivity index (χ1) is 12.4. The van der Waals surface area contributed by atoms with Crippen molar-refractivity contribution in [2.24, 2.45) is 0 Å². The number of benzene rings is 2. The second kappa shape index (κ2) is 7.59. The number of rotatable bonds is 6. The van der Waals surface area contributed by atoms with Gasteiger partial charge in [-0.25, -0.2) is 4.98 Å². The fraction of sp³-hybridized carbons (Fsp3) is 0.100. The highest BCUT2D eigenvalue weighted by molar-refractivity contribution is 7.10. The van der Waals surface area contributed by atoms with E-state index in [9.17, 15) is 0 Å². The van der Waals surface area contributed by atoms with Crippen LogP contribution in [0, 0.1) is 0 Å². The van der Waals surface area contributed by atoms with Crippen LogP contribution in [0.3, 0.4) is 0 Å². The van der Waals surface area contributed by atoms with E-state index in [0.29, 0.717) is 5.54 Å². The lowest BCUT2D eigenvalue weighted by Gasteiger charge is -2.16. The quantitative estimate of drug-likeness (QED) is 0.476. The summed E-state index contributed by atoms with van der Waals surface area (Å²) < 4.78 is 1.91. The SMILES string of the molecule is c1ccc(-c2ccc(C([Si]Cn3cncn3)c3cccs3)cc2)cc1. The molecule has 2 aromatic carbocycles. The lowest BCUT2D eigenvalue weighted by Crippen LogP contribution is -2.16. The summed E-state index contributed by atoms with van der Waals surface area (Å²) >= 11 is 1.83. The Bertz CT molecular complexity index is 888. The van der Waals surface area contributed by atoms with Crippen molar-refractivity contribution >= 4 is 20.9 Å². The van der Waals surface area contributed by atoms with E-state index in [2.05, 4.69) is 82.2 Å². The summed E-state index contributed by atoms with van der Waals surface area (Å²) in [6.45, 7) is 0. The zero-order chi connectivity index (χ0) is 16.9. The molecule has 1 atom stereocenters. The van der Waals surface area contributed by atoms with Crippen LogP contribution >= 0.6 is 11.3 Å². The fourth-order valence-electron chi connectivity index (χ4n) is 2.84. The molecule has 2 heterocycles. The van der Waals surface area contributed by atoms with Gasteiger partial charge in [-0.1, -0.05) is 60.7 Å². The van der Waals surface area contributed by atoms with Gasteiger partial charge in [0.25, 0.3) is 0 Å². The molecule has 25 heavy (non-hydrogen) atoms. The molecule has 2 aromatic heterocycles. The highest BCUT2D eigenvalue weighted by Crippen LogP contribution is 2.29. The van der Waals surface area contributed by atoms with Crippen LogP contribution < -0.4 is 0 Å². The van der Waals surface area contributed by atoms with E-state index < -0.39 is 0 Å². The Kier molecular flexibility index (Phi) is 4.85. The molecule has 0 fully saturated rings. The van der Waals surface area contributed by atoms with Crippen molar-refractivity contribution in [1.82, 2.24) is 14.8 Å². The molecule has 4 aromatic rings. The van der Waals surface area contributed by atoms with Gasteiger partial charge in [0.15, 0.2) is 0 Å². The van der Waals surface area contributed by atoms with Gasteiger partial charge in [-0.3, -0.25) is 4.68 Å². The maximum absolute atomic E-state index is 4.23. The summed E-state index contributed by atoms with van der Waals surface area (Å²) in [5.74, 6) is 0. The van der Waals surface area contributed by atoms with Gasteiger partial charge in [-0.05, 0) is 28.1 Å². The zero-order valence-electron chi connectivity index (χ0n) is 13.6. The smallest absolute Gasteiger partial charge is 0.137 e. The second-order valence-corrected chi connectivity index (χ2v) is 8.01. The van der Waals surface area contributed by atoms with Crippen LogP contribution in [0.1, 0.15) is 16.0 Å². The molecule has 2 radical (unpaired) electrons. The first-order valence-corrected chi connectivity index (χ1v) is 10.3. The monoisotopic (exact) mass is 359 g/mol. The standard InChI is InChI=1S/C20H17N3SSi/c1-2-5-16(6-3-1)17-8-10-18(11-9-17)20(19-7-4-12-24-19)25-15-23-14-21-13-22-23/h1-14,20H,15H2. The van der Waals surface area contributed by atoms with Crippen LogP contribution in [0.4, 0.5) is 0 Å². The Morgan fingerprint density at radius 3 is 2.40 bits per heavy atom. The molecule has 0 amide bonds. The first kappa shape index (κ1) is 16.0. The molecule has 4 rings (SSSR count). The molecule has 1 unspecified atom stereocenters. The summed E-state index contributed by atoms with van der Waals surface area (Å²) in [5.41, 5.74) is 4.29. The minimum absolute atomic E-state index is 0.411. The van der Waals surface area contributed by atoms with Crippen LogP contribution in [0.2, 0.25) is 0 Å². The highest BCUT2D eigenvalue weighted by atomic mass is 32.1. The van der Waals surface area contributed by atoms with Crippen LogP contribution in [-0.2, 0) is 6.17 Å². The summed E-state index contributed by atoms with van der Waals surface area (Å²) in [4.78, 5) is 5.45. The summed E-state index contributed by atoms with van der Waals surface area (Å²) in [7, 11) is 0.724. The Morgan fingerprint density at radius 2 is 1.72 bits per heavy atom. The molecule has 3 nitrogen and oxygen atoms in total. The van der Waals surface area contributed by atoms with E-state index in [1.54, 1.807) is 12.7 Å². The van der Waals surface area contributed by atoms with Crippen molar-refractivity contribution in [2.45, 2.75) is 11.7 Å². The number of hydrogen-bond donors (Lipinski definition) is 0. The molecule has 0 spiro atoms. The third-order valence-electron chi connectivity index (χ3n) is 4.10. The highest BCUT2D eigenvalue weighted by Gasteiger charge is 2.16. The van der Waals surface area contributed by atoms with Crippen molar-refractivity contribution in [2.75, 3.05) is 0 Å². The molecule has 0 aliphatic rings. The third-order valence-corrected chi connectivity index (χ3v) is 6.81. The van der Waals surface area contributed by atoms with Crippen molar-refractivity contribution < 1.29 is 0 Å². The van der Waals surface area contributed by atoms with E-state index in [1.807, 2.05) is 16.0 Å². The lowest BCUT2D eigenvalue weighted by molar-refractivity contribution is 0.731. The molecule has 122 valence electrons. The van der Waals surface area contributed by atoms with Gasteiger partial charge in [-0.2, -0.15) is 5.10 Å². The molecular formula is C20H17N3SSi. The van der Waals surface area contributed by atoms with Gasteiger partial charge < -0.3 is 0 Å². The van der Waals surface area contributed by atoms with Gasteiger partial charge in [-0.15, -0.1) is 11.3 Å². The average Bonchev–Trinajstić information content (AvgIpc) is 3.37. The van der Waals surface area contributed by atoms with E-state index >= 15 is 0 Å². The van der Waals surface area contributed by atoms with Gasteiger partial charge >= 0.3 is 0 Å². The van der Waals surface area contributed by atoms with Gasteiger partial charge in [0.2, 0.25) is 0 Å². The van der Waals surface area contributed by atoms with Crippen LogP contribution in [-0.4, -0.2) is 24.3 Å². The molecule has 0 aliphatic heterocycles. The molecule has 0 aliphatic carbocycles. The van der Waals surface area contributed by atoms with Crippen LogP contribution in [0.15, 0.2) is 84.8 Å². The van der Waals surface area contributed by atoms with Gasteiger partial charge in [0, 0.05) is 16.6 Å². The Hall–Kier alpha value is -2.50.